The first kappa shape index (κ1) is 28.9. The molecule has 0 spiro atoms. The molecule has 2 aliphatic carbocycles. The summed E-state index contributed by atoms with van der Waals surface area (Å²) in [7, 11) is 0. The third-order valence-corrected chi connectivity index (χ3v) is 10.8. The third-order valence-electron chi connectivity index (χ3n) is 9.50. The van der Waals surface area contributed by atoms with E-state index in [-0.39, 0.29) is 35.0 Å². The zero-order valence-electron chi connectivity index (χ0n) is 24.1. The second-order valence-electron chi connectivity index (χ2n) is 12.0. The highest BCUT2D eigenvalue weighted by Gasteiger charge is 2.61. The highest BCUT2D eigenvalue weighted by molar-refractivity contribution is 9.10. The number of benzene rings is 3. The number of carbonyl (C=O) groups excluding carboxylic acids is 4. The molecule has 0 N–H and O–H groups in total. The first-order chi connectivity index (χ1) is 21.1. The largest absolute Gasteiger partial charge is 0.451 e. The van der Waals surface area contributed by atoms with Crippen molar-refractivity contribution in [1.82, 2.24) is 4.98 Å². The molecule has 3 aliphatic rings. The van der Waals surface area contributed by atoms with Gasteiger partial charge in [-0.25, -0.2) is 9.78 Å². The predicted octanol–water partition coefficient (Wildman–Crippen LogP) is 7.59. The van der Waals surface area contributed by atoms with Crippen molar-refractivity contribution in [3.63, 3.8) is 0 Å². The first-order valence-electron chi connectivity index (χ1n) is 14.7. The van der Waals surface area contributed by atoms with E-state index in [0.717, 1.165) is 19.3 Å². The maximum atomic E-state index is 13.6. The highest BCUT2D eigenvalue weighted by atomic mass is 79.9. The van der Waals surface area contributed by atoms with Crippen LogP contribution in [0.1, 0.15) is 52.5 Å². The minimum Gasteiger partial charge on any atom is -0.451 e. The van der Waals surface area contributed by atoms with Crippen molar-refractivity contribution in [2.75, 3.05) is 4.90 Å². The van der Waals surface area contributed by atoms with Gasteiger partial charge >= 0.3 is 5.97 Å². The van der Waals surface area contributed by atoms with E-state index < -0.39 is 12.1 Å². The predicted molar refractivity (Wildman–Crippen MR) is 171 cm³/mol. The lowest BCUT2D eigenvalue weighted by atomic mass is 9.81. The van der Waals surface area contributed by atoms with Crippen molar-refractivity contribution in [1.29, 1.82) is 0 Å². The van der Waals surface area contributed by atoms with E-state index >= 15 is 0 Å². The average molecular weight is 672 g/mol. The average Bonchev–Trinajstić information content (AvgIpc) is 3.73. The molecule has 2 heterocycles. The number of carbonyl (C=O) groups is 4. The molecule has 0 radical (unpaired) electrons. The number of esters is 1. The number of aromatic nitrogens is 1. The lowest BCUT2D eigenvalue weighted by Crippen LogP contribution is -2.32. The van der Waals surface area contributed by atoms with Crippen LogP contribution in [0.15, 0.2) is 71.2 Å². The van der Waals surface area contributed by atoms with Gasteiger partial charge in [0.05, 0.1) is 39.3 Å². The Kier molecular flexibility index (Phi) is 7.17. The van der Waals surface area contributed by atoms with Gasteiger partial charge in [0.15, 0.2) is 6.10 Å². The van der Waals surface area contributed by atoms with Gasteiger partial charge in [-0.2, -0.15) is 0 Å². The van der Waals surface area contributed by atoms with Crippen molar-refractivity contribution in [3.05, 3.63) is 92.9 Å². The number of amides is 2. The van der Waals surface area contributed by atoms with Crippen LogP contribution in [0.25, 0.3) is 22.2 Å². The molecule has 222 valence electrons. The molecule has 3 aromatic carbocycles. The summed E-state index contributed by atoms with van der Waals surface area (Å²) in [6, 6.07) is 19.1. The molecule has 5 atom stereocenters. The van der Waals surface area contributed by atoms with Crippen LogP contribution in [0.5, 0.6) is 0 Å². The van der Waals surface area contributed by atoms with Crippen LogP contribution >= 0.6 is 27.5 Å². The normalized spacial score (nSPS) is 22.9. The van der Waals surface area contributed by atoms with Crippen molar-refractivity contribution < 1.29 is 23.9 Å². The maximum Gasteiger partial charge on any atom is 0.339 e. The molecule has 2 saturated carbocycles. The number of aryl methyl sites for hydroxylation is 1. The maximum absolute atomic E-state index is 13.6. The van der Waals surface area contributed by atoms with Gasteiger partial charge in [-0.3, -0.25) is 19.3 Å². The van der Waals surface area contributed by atoms with Crippen molar-refractivity contribution in [3.8, 4) is 11.3 Å². The van der Waals surface area contributed by atoms with Gasteiger partial charge in [0.25, 0.3) is 0 Å². The number of rotatable bonds is 6. The summed E-state index contributed by atoms with van der Waals surface area (Å²) in [5.41, 5.74) is 3.56. The zero-order chi connectivity index (χ0) is 30.9. The van der Waals surface area contributed by atoms with E-state index in [0.29, 0.717) is 60.3 Å². The fourth-order valence-electron chi connectivity index (χ4n) is 7.34. The fourth-order valence-corrected chi connectivity index (χ4v) is 8.01. The molecular weight excluding hydrogens is 644 g/mol. The Morgan fingerprint density at radius 2 is 1.61 bits per heavy atom. The standard InChI is InChI=1S/C35H28BrClN2O5/c1-17-30(37)26(36)15-24-25(35(43)44-18(2)32(40)20-6-4-3-5-7-20)16-27(38-31(17)24)19-10-12-23(13-11-19)39-33(41)28-21-8-9-22(14-21)29(28)34(39)42/h3-7,10-13,15-16,18,21-22,28-29H,8-9,14H2,1-2H3. The summed E-state index contributed by atoms with van der Waals surface area (Å²) < 4.78 is 6.28. The Labute approximate surface area is 267 Å². The summed E-state index contributed by atoms with van der Waals surface area (Å²) >= 11 is 10.0. The van der Waals surface area contributed by atoms with Gasteiger partial charge in [0, 0.05) is 21.0 Å². The van der Waals surface area contributed by atoms with Gasteiger partial charge in [0.1, 0.15) is 0 Å². The van der Waals surface area contributed by atoms with Gasteiger partial charge in [-0.1, -0.05) is 54.1 Å². The van der Waals surface area contributed by atoms with Gasteiger partial charge in [0.2, 0.25) is 17.6 Å². The van der Waals surface area contributed by atoms with Gasteiger partial charge in [-0.05, 0) is 90.7 Å². The minimum atomic E-state index is -1.02. The summed E-state index contributed by atoms with van der Waals surface area (Å²) in [5.74, 6) is -0.933. The number of fused-ring (bicyclic) bond motifs is 6. The highest BCUT2D eigenvalue weighted by Crippen LogP contribution is 2.56. The Morgan fingerprint density at radius 1 is 0.977 bits per heavy atom. The SMILES string of the molecule is Cc1c(Cl)c(Br)cc2c(C(=O)OC(C)C(=O)c3ccccc3)cc(-c3ccc(N4C(=O)C5C6CCC(C6)C5C4=O)cc3)nc12. The fraction of sp³-hybridized carbons (Fsp3) is 0.286. The van der Waals surface area contributed by atoms with Crippen molar-refractivity contribution in [2.45, 2.75) is 39.2 Å². The summed E-state index contributed by atoms with van der Waals surface area (Å²) in [6.07, 6.45) is 2.01. The molecule has 3 fully saturated rings. The number of imide groups is 1. The van der Waals surface area contributed by atoms with Gasteiger partial charge in [-0.15, -0.1) is 0 Å². The molecule has 5 unspecified atom stereocenters. The Balaban J connectivity index is 1.23. The van der Waals surface area contributed by atoms with Crippen LogP contribution in [0.4, 0.5) is 5.69 Å². The minimum absolute atomic E-state index is 0.0937. The summed E-state index contributed by atoms with van der Waals surface area (Å²) in [4.78, 5) is 59.4. The molecule has 2 amide bonds. The first-order valence-corrected chi connectivity index (χ1v) is 15.9. The second-order valence-corrected chi connectivity index (χ2v) is 13.2. The number of hydrogen-bond acceptors (Lipinski definition) is 6. The van der Waals surface area contributed by atoms with Crippen LogP contribution in [-0.2, 0) is 14.3 Å². The molecule has 2 bridgehead atoms. The molecule has 7 rings (SSSR count). The zero-order valence-corrected chi connectivity index (χ0v) is 26.4. The third kappa shape index (κ3) is 4.58. The van der Waals surface area contributed by atoms with E-state index in [9.17, 15) is 19.2 Å². The smallest absolute Gasteiger partial charge is 0.339 e. The van der Waals surface area contributed by atoms with E-state index in [2.05, 4.69) is 15.9 Å². The molecular formula is C35H28BrClN2O5. The van der Waals surface area contributed by atoms with Crippen LogP contribution in [0.2, 0.25) is 5.02 Å². The number of nitrogens with zero attached hydrogens (tertiary/aromatic N) is 2. The number of halogens is 2. The molecule has 1 saturated heterocycles. The van der Waals surface area contributed by atoms with Crippen LogP contribution in [0.3, 0.4) is 0 Å². The van der Waals surface area contributed by atoms with E-state index in [1.807, 2.05) is 13.0 Å². The van der Waals surface area contributed by atoms with Crippen molar-refractivity contribution >= 4 is 67.7 Å². The molecule has 9 heteroatoms. The molecule has 44 heavy (non-hydrogen) atoms. The number of anilines is 1. The van der Waals surface area contributed by atoms with Gasteiger partial charge < -0.3 is 4.74 Å². The molecule has 1 aliphatic heterocycles. The number of ketones is 1. The van der Waals surface area contributed by atoms with E-state index in [1.165, 1.54) is 4.90 Å². The Morgan fingerprint density at radius 3 is 2.25 bits per heavy atom. The quantitative estimate of drug-likeness (QED) is 0.119. The lowest BCUT2D eigenvalue weighted by molar-refractivity contribution is -0.123. The topological polar surface area (TPSA) is 93.6 Å². The molecule has 7 nitrogen and oxygen atoms in total. The lowest BCUT2D eigenvalue weighted by Gasteiger charge is -2.19. The number of ether oxygens (including phenoxy) is 1. The van der Waals surface area contributed by atoms with Crippen LogP contribution in [-0.4, -0.2) is 34.7 Å². The second kappa shape index (κ2) is 10.9. The van der Waals surface area contributed by atoms with Crippen LogP contribution in [0, 0.1) is 30.6 Å². The van der Waals surface area contributed by atoms with E-state index in [4.69, 9.17) is 21.3 Å². The number of pyridine rings is 1. The molecule has 1 aromatic heterocycles. The van der Waals surface area contributed by atoms with Crippen LogP contribution < -0.4 is 4.90 Å². The number of Topliss-reactive ketones (excluding diaryl/α,β-unsaturated/α-hetero) is 1. The Bertz CT molecular complexity index is 1850. The Hall–Kier alpha value is -3.88. The monoisotopic (exact) mass is 670 g/mol. The number of hydrogen-bond donors (Lipinski definition) is 0. The summed E-state index contributed by atoms with van der Waals surface area (Å²) in [5, 5.41) is 0.993. The van der Waals surface area contributed by atoms with Crippen molar-refractivity contribution in [2.24, 2.45) is 23.7 Å². The molecule has 4 aromatic rings. The summed E-state index contributed by atoms with van der Waals surface area (Å²) in [6.45, 7) is 3.37. The van der Waals surface area contributed by atoms with E-state index in [1.54, 1.807) is 67.6 Å².